The highest BCUT2D eigenvalue weighted by Crippen LogP contribution is 2.32. The third kappa shape index (κ3) is 5.23. The predicted molar refractivity (Wildman–Crippen MR) is 102 cm³/mol. The molecule has 2 rings (SSSR count). The Bertz CT molecular complexity index is 507. The van der Waals surface area contributed by atoms with Crippen molar-refractivity contribution < 1.29 is 4.79 Å². The Kier molecular flexibility index (Phi) is 7.10. The molecule has 2 N–H and O–H groups in total. The number of likely N-dealkylation sites (tertiary alicyclic amines) is 1. The van der Waals surface area contributed by atoms with Gasteiger partial charge in [0.2, 0.25) is 0 Å². The molecular weight excluding hydrogens is 298 g/mol. The normalized spacial score (nSPS) is 15.8. The zero-order valence-electron chi connectivity index (χ0n) is 15.7. The third-order valence-electron chi connectivity index (χ3n) is 4.77. The summed E-state index contributed by atoms with van der Waals surface area (Å²) >= 11 is 0. The molecule has 4 nitrogen and oxygen atoms in total. The van der Waals surface area contributed by atoms with Crippen LogP contribution in [0.5, 0.6) is 0 Å². The Morgan fingerprint density at radius 2 is 1.62 bits per heavy atom. The van der Waals surface area contributed by atoms with Crippen LogP contribution < -0.4 is 10.6 Å². The van der Waals surface area contributed by atoms with E-state index in [-0.39, 0.29) is 6.03 Å². The summed E-state index contributed by atoms with van der Waals surface area (Å²) in [6.07, 6.45) is 3.91. The van der Waals surface area contributed by atoms with E-state index in [1.807, 2.05) is 0 Å². The molecule has 1 saturated heterocycles. The lowest BCUT2D eigenvalue weighted by Gasteiger charge is -2.26. The zero-order valence-corrected chi connectivity index (χ0v) is 15.7. The number of hydrogen-bond acceptors (Lipinski definition) is 2. The van der Waals surface area contributed by atoms with Gasteiger partial charge in [-0.3, -0.25) is 0 Å². The standard InChI is InChI=1S/C20H33N3O/c1-15(2)17-9-8-10-18(16(3)4)19(17)22-20(24)21-11-14-23-12-6-5-7-13-23/h8-10,15-16H,5-7,11-14H2,1-4H3,(H2,21,22,24). The van der Waals surface area contributed by atoms with E-state index < -0.39 is 0 Å². The molecule has 0 spiro atoms. The van der Waals surface area contributed by atoms with Crippen LogP contribution in [0.25, 0.3) is 0 Å². The number of anilines is 1. The van der Waals surface area contributed by atoms with Gasteiger partial charge in [0.25, 0.3) is 0 Å². The molecule has 1 heterocycles. The van der Waals surface area contributed by atoms with Crippen molar-refractivity contribution in [3.8, 4) is 0 Å². The SMILES string of the molecule is CC(C)c1cccc(C(C)C)c1NC(=O)NCCN1CCCCC1. The molecule has 0 aromatic heterocycles. The van der Waals surface area contributed by atoms with E-state index in [1.54, 1.807) is 0 Å². The van der Waals surface area contributed by atoms with Gasteiger partial charge in [-0.25, -0.2) is 4.79 Å². The van der Waals surface area contributed by atoms with E-state index in [1.165, 1.54) is 30.4 Å². The lowest BCUT2D eigenvalue weighted by atomic mass is 9.93. The van der Waals surface area contributed by atoms with Crippen molar-refractivity contribution in [2.75, 3.05) is 31.5 Å². The van der Waals surface area contributed by atoms with Crippen LogP contribution in [0.2, 0.25) is 0 Å². The van der Waals surface area contributed by atoms with Gasteiger partial charge in [-0.15, -0.1) is 0 Å². The number of urea groups is 1. The van der Waals surface area contributed by atoms with Crippen LogP contribution in [0, 0.1) is 0 Å². The van der Waals surface area contributed by atoms with Crippen LogP contribution in [0.15, 0.2) is 18.2 Å². The molecule has 0 unspecified atom stereocenters. The molecule has 0 bridgehead atoms. The highest BCUT2D eigenvalue weighted by molar-refractivity contribution is 5.91. The Morgan fingerprint density at radius 3 is 2.17 bits per heavy atom. The summed E-state index contributed by atoms with van der Waals surface area (Å²) in [7, 11) is 0. The monoisotopic (exact) mass is 331 g/mol. The van der Waals surface area contributed by atoms with Crippen LogP contribution in [-0.4, -0.2) is 37.1 Å². The van der Waals surface area contributed by atoms with Gasteiger partial charge in [-0.05, 0) is 48.9 Å². The first-order chi connectivity index (χ1) is 11.5. The molecule has 1 aliphatic heterocycles. The fraction of sp³-hybridized carbons (Fsp3) is 0.650. The Balaban J connectivity index is 1.94. The lowest BCUT2D eigenvalue weighted by Crippen LogP contribution is -2.39. The predicted octanol–water partition coefficient (Wildman–Crippen LogP) is 4.54. The van der Waals surface area contributed by atoms with Gasteiger partial charge >= 0.3 is 6.03 Å². The number of hydrogen-bond donors (Lipinski definition) is 2. The summed E-state index contributed by atoms with van der Waals surface area (Å²) in [4.78, 5) is 14.8. The molecule has 24 heavy (non-hydrogen) atoms. The molecular formula is C20H33N3O. The Hall–Kier alpha value is -1.55. The van der Waals surface area contributed by atoms with Crippen molar-refractivity contribution in [2.45, 2.75) is 58.8 Å². The first kappa shape index (κ1) is 18.8. The smallest absolute Gasteiger partial charge is 0.319 e. The van der Waals surface area contributed by atoms with Crippen LogP contribution >= 0.6 is 0 Å². The molecule has 0 radical (unpaired) electrons. The van der Waals surface area contributed by atoms with E-state index in [4.69, 9.17) is 0 Å². The minimum atomic E-state index is -0.0954. The number of rotatable bonds is 6. The van der Waals surface area contributed by atoms with Crippen molar-refractivity contribution in [3.05, 3.63) is 29.3 Å². The first-order valence-electron chi connectivity index (χ1n) is 9.39. The van der Waals surface area contributed by atoms with E-state index >= 15 is 0 Å². The minimum absolute atomic E-state index is 0.0954. The summed E-state index contributed by atoms with van der Waals surface area (Å²) in [6.45, 7) is 12.6. The second kappa shape index (κ2) is 9.07. The van der Waals surface area contributed by atoms with Crippen molar-refractivity contribution in [1.82, 2.24) is 10.2 Å². The number of amides is 2. The van der Waals surface area contributed by atoms with Crippen molar-refractivity contribution in [1.29, 1.82) is 0 Å². The number of benzene rings is 1. The van der Waals surface area contributed by atoms with E-state index in [0.29, 0.717) is 18.4 Å². The van der Waals surface area contributed by atoms with Gasteiger partial charge in [0.1, 0.15) is 0 Å². The third-order valence-corrected chi connectivity index (χ3v) is 4.77. The van der Waals surface area contributed by atoms with Crippen LogP contribution in [-0.2, 0) is 0 Å². The molecule has 1 aromatic carbocycles. The molecule has 4 heteroatoms. The van der Waals surface area contributed by atoms with Gasteiger partial charge in [0.15, 0.2) is 0 Å². The van der Waals surface area contributed by atoms with Crippen molar-refractivity contribution in [2.24, 2.45) is 0 Å². The number of carbonyl (C=O) groups is 1. The maximum Gasteiger partial charge on any atom is 0.319 e. The van der Waals surface area contributed by atoms with E-state index in [2.05, 4.69) is 61.4 Å². The number of carbonyl (C=O) groups excluding carboxylic acids is 1. The fourth-order valence-corrected chi connectivity index (χ4v) is 3.36. The second-order valence-electron chi connectivity index (χ2n) is 7.40. The number of piperidine rings is 1. The summed E-state index contributed by atoms with van der Waals surface area (Å²) in [5, 5.41) is 6.13. The Labute approximate surface area is 147 Å². The molecule has 0 saturated carbocycles. The summed E-state index contributed by atoms with van der Waals surface area (Å²) in [5.74, 6) is 0.764. The largest absolute Gasteiger partial charge is 0.337 e. The quantitative estimate of drug-likeness (QED) is 0.804. The van der Waals surface area contributed by atoms with Crippen LogP contribution in [0.1, 0.15) is 69.9 Å². The summed E-state index contributed by atoms with van der Waals surface area (Å²) in [6, 6.07) is 6.21. The maximum absolute atomic E-state index is 12.4. The molecule has 2 amide bonds. The van der Waals surface area contributed by atoms with Gasteiger partial charge in [-0.1, -0.05) is 52.3 Å². The second-order valence-corrected chi connectivity index (χ2v) is 7.40. The van der Waals surface area contributed by atoms with Crippen molar-refractivity contribution >= 4 is 11.7 Å². The highest BCUT2D eigenvalue weighted by atomic mass is 16.2. The number of para-hydroxylation sites is 1. The molecule has 1 fully saturated rings. The number of nitrogens with zero attached hydrogens (tertiary/aromatic N) is 1. The highest BCUT2D eigenvalue weighted by Gasteiger charge is 2.16. The first-order valence-corrected chi connectivity index (χ1v) is 9.39. The minimum Gasteiger partial charge on any atom is -0.337 e. The van der Waals surface area contributed by atoms with Gasteiger partial charge in [0, 0.05) is 18.8 Å². The average Bonchev–Trinajstić information content (AvgIpc) is 2.55. The lowest BCUT2D eigenvalue weighted by molar-refractivity contribution is 0.224. The molecule has 0 atom stereocenters. The van der Waals surface area contributed by atoms with Gasteiger partial charge in [0.05, 0.1) is 0 Å². The fourth-order valence-electron chi connectivity index (χ4n) is 3.36. The summed E-state index contributed by atoms with van der Waals surface area (Å²) < 4.78 is 0. The topological polar surface area (TPSA) is 44.4 Å². The molecule has 134 valence electrons. The van der Waals surface area contributed by atoms with E-state index in [9.17, 15) is 4.79 Å². The van der Waals surface area contributed by atoms with Crippen molar-refractivity contribution in [3.63, 3.8) is 0 Å². The van der Waals surface area contributed by atoms with Crippen LogP contribution in [0.4, 0.5) is 10.5 Å². The number of nitrogens with one attached hydrogen (secondary N) is 2. The van der Waals surface area contributed by atoms with Gasteiger partial charge in [-0.2, -0.15) is 0 Å². The molecule has 1 aliphatic rings. The average molecular weight is 332 g/mol. The Morgan fingerprint density at radius 1 is 1.04 bits per heavy atom. The van der Waals surface area contributed by atoms with Crippen LogP contribution in [0.3, 0.4) is 0 Å². The molecule has 0 aliphatic carbocycles. The maximum atomic E-state index is 12.4. The van der Waals surface area contributed by atoms with Gasteiger partial charge < -0.3 is 15.5 Å². The zero-order chi connectivity index (χ0) is 17.5. The molecule has 1 aromatic rings. The summed E-state index contributed by atoms with van der Waals surface area (Å²) in [5.41, 5.74) is 3.39. The van der Waals surface area contributed by atoms with E-state index in [0.717, 1.165) is 25.3 Å².